The first-order chi connectivity index (χ1) is 15.8. The molecule has 33 heavy (non-hydrogen) atoms. The maximum absolute atomic E-state index is 13.3. The van der Waals surface area contributed by atoms with Gasteiger partial charge in [0, 0.05) is 10.2 Å². The van der Waals surface area contributed by atoms with Crippen molar-refractivity contribution in [1.82, 2.24) is 4.57 Å². The van der Waals surface area contributed by atoms with E-state index in [4.69, 9.17) is 14.5 Å². The van der Waals surface area contributed by atoms with Crippen LogP contribution in [0.1, 0.15) is 31.0 Å². The first kappa shape index (κ1) is 23.0. The Morgan fingerprint density at radius 1 is 1.27 bits per heavy atom. The number of carbonyl (C=O) groups excluding carboxylic acids is 1. The molecule has 0 saturated heterocycles. The van der Waals surface area contributed by atoms with Crippen LogP contribution >= 0.6 is 27.3 Å². The van der Waals surface area contributed by atoms with Crippen LogP contribution < -0.4 is 19.6 Å². The van der Waals surface area contributed by atoms with Gasteiger partial charge in [0.15, 0.2) is 16.3 Å². The minimum atomic E-state index is -0.586. The topological polar surface area (TPSA) is 90.1 Å². The Bertz CT molecular complexity index is 1440. The van der Waals surface area contributed by atoms with E-state index in [1.165, 1.54) is 29.1 Å². The Hall–Kier alpha value is -3.17. The second-order valence-corrected chi connectivity index (χ2v) is 9.19. The van der Waals surface area contributed by atoms with Gasteiger partial charge in [-0.05, 0) is 55.3 Å². The van der Waals surface area contributed by atoms with E-state index in [2.05, 4.69) is 15.9 Å². The van der Waals surface area contributed by atoms with Crippen LogP contribution in [0.3, 0.4) is 0 Å². The molecule has 0 radical (unpaired) electrons. The van der Waals surface area contributed by atoms with Crippen molar-refractivity contribution in [3.8, 4) is 11.5 Å². The monoisotopic (exact) mass is 528 g/mol. The van der Waals surface area contributed by atoms with E-state index >= 15 is 0 Å². The number of thiazole rings is 1. The van der Waals surface area contributed by atoms with Crippen LogP contribution in [0.25, 0.3) is 11.8 Å². The summed E-state index contributed by atoms with van der Waals surface area (Å²) in [6, 6.07) is 11.8. The smallest absolute Gasteiger partial charge is 0.338 e. The Labute approximate surface area is 202 Å². The van der Waals surface area contributed by atoms with Crippen LogP contribution in [0.15, 0.2) is 62.3 Å². The lowest BCUT2D eigenvalue weighted by Crippen LogP contribution is -2.35. The molecule has 2 heterocycles. The summed E-state index contributed by atoms with van der Waals surface area (Å²) >= 11 is 4.66. The van der Waals surface area contributed by atoms with Crippen LogP contribution in [-0.4, -0.2) is 29.4 Å². The largest absolute Gasteiger partial charge is 0.504 e. The molecule has 0 fully saturated rings. The number of fused-ring (bicyclic) bond motifs is 1. The number of hydrogen-bond acceptors (Lipinski definition) is 7. The lowest BCUT2D eigenvalue weighted by Gasteiger charge is -2.22. The molecule has 0 saturated carbocycles. The van der Waals surface area contributed by atoms with Gasteiger partial charge in [0.05, 0.1) is 23.8 Å². The van der Waals surface area contributed by atoms with E-state index in [1.54, 1.807) is 32.1 Å². The third-order valence-corrected chi connectivity index (χ3v) is 6.74. The Morgan fingerprint density at radius 2 is 2.00 bits per heavy atom. The number of carbonyl (C=O) groups is 1. The van der Waals surface area contributed by atoms with Gasteiger partial charge in [-0.25, -0.2) is 9.79 Å². The highest BCUT2D eigenvalue weighted by atomic mass is 79.9. The number of allylic oxidation sites excluding steroid dienone is 1. The van der Waals surface area contributed by atoms with E-state index in [0.29, 0.717) is 31.9 Å². The van der Waals surface area contributed by atoms with Gasteiger partial charge < -0.3 is 14.6 Å². The number of methoxy groups -OCH3 is 1. The van der Waals surface area contributed by atoms with Gasteiger partial charge in [0.25, 0.3) is 5.56 Å². The number of rotatable bonds is 5. The molecule has 4 rings (SSSR count). The number of esters is 1. The van der Waals surface area contributed by atoms with Crippen molar-refractivity contribution in [3.63, 3.8) is 0 Å². The molecule has 0 amide bonds. The summed E-state index contributed by atoms with van der Waals surface area (Å²) in [5, 5.41) is 9.83. The van der Waals surface area contributed by atoms with Gasteiger partial charge in [-0.1, -0.05) is 45.5 Å². The summed E-state index contributed by atoms with van der Waals surface area (Å²) < 4.78 is 13.3. The standard InChI is InChI=1S/C24H21BrN2O5S/c1-4-32-23(30)20-13(2)27-22(29)19(12-14-5-10-17(28)18(11-14)31-3)33-24(27)26-21(20)15-6-8-16(25)9-7-15/h5-12,21,28H,4H2,1-3H3/b19-12-/t21-/m1/s1. The van der Waals surface area contributed by atoms with E-state index in [0.717, 1.165) is 10.0 Å². The second kappa shape index (κ2) is 9.36. The molecule has 0 spiro atoms. The summed E-state index contributed by atoms with van der Waals surface area (Å²) in [7, 11) is 1.46. The molecule has 170 valence electrons. The summed E-state index contributed by atoms with van der Waals surface area (Å²) in [6.07, 6.45) is 1.71. The molecule has 9 heteroatoms. The molecule has 1 aromatic heterocycles. The quantitative estimate of drug-likeness (QED) is 0.512. The Balaban J connectivity index is 1.93. The minimum absolute atomic E-state index is 0.0158. The predicted molar refractivity (Wildman–Crippen MR) is 130 cm³/mol. The number of phenolic OH excluding ortho intramolecular Hbond substituents is 1. The van der Waals surface area contributed by atoms with Crippen LogP contribution in [0.5, 0.6) is 11.5 Å². The van der Waals surface area contributed by atoms with Crippen LogP contribution in [0.2, 0.25) is 0 Å². The third kappa shape index (κ3) is 4.38. The van der Waals surface area contributed by atoms with Gasteiger partial charge in [-0.15, -0.1) is 0 Å². The van der Waals surface area contributed by atoms with Crippen molar-refractivity contribution in [2.24, 2.45) is 4.99 Å². The third-order valence-electron chi connectivity index (χ3n) is 5.23. The van der Waals surface area contributed by atoms with Crippen molar-refractivity contribution in [2.45, 2.75) is 19.9 Å². The number of aromatic nitrogens is 1. The molecule has 1 N–H and O–H groups in total. The number of hydrogen-bond donors (Lipinski definition) is 1. The molecule has 1 atom stereocenters. The minimum Gasteiger partial charge on any atom is -0.504 e. The number of benzene rings is 2. The molecule has 2 aromatic carbocycles. The molecular weight excluding hydrogens is 508 g/mol. The fourth-order valence-corrected chi connectivity index (χ4v) is 4.94. The van der Waals surface area contributed by atoms with Gasteiger partial charge in [0.2, 0.25) is 0 Å². The van der Waals surface area contributed by atoms with E-state index in [9.17, 15) is 14.7 Å². The van der Waals surface area contributed by atoms with E-state index in [1.807, 2.05) is 24.3 Å². The average Bonchev–Trinajstić information content (AvgIpc) is 3.10. The highest BCUT2D eigenvalue weighted by Gasteiger charge is 2.31. The summed E-state index contributed by atoms with van der Waals surface area (Å²) in [5.74, 6) is -0.169. The lowest BCUT2D eigenvalue weighted by molar-refractivity contribution is -0.138. The summed E-state index contributed by atoms with van der Waals surface area (Å²) in [4.78, 5) is 31.4. The molecule has 3 aromatic rings. The predicted octanol–water partition coefficient (Wildman–Crippen LogP) is 3.38. The number of halogens is 1. The summed E-state index contributed by atoms with van der Waals surface area (Å²) in [6.45, 7) is 3.69. The highest BCUT2D eigenvalue weighted by molar-refractivity contribution is 9.10. The first-order valence-corrected chi connectivity index (χ1v) is 11.8. The molecule has 0 aliphatic carbocycles. The fraction of sp³-hybridized carbons (Fsp3) is 0.208. The van der Waals surface area contributed by atoms with Crippen molar-refractivity contribution in [2.75, 3.05) is 13.7 Å². The van der Waals surface area contributed by atoms with Crippen molar-refractivity contribution >= 4 is 45.0 Å². The van der Waals surface area contributed by atoms with Crippen LogP contribution in [-0.2, 0) is 9.53 Å². The fourth-order valence-electron chi connectivity index (χ4n) is 3.64. The normalized spacial score (nSPS) is 15.8. The van der Waals surface area contributed by atoms with Crippen molar-refractivity contribution in [1.29, 1.82) is 0 Å². The maximum atomic E-state index is 13.3. The molecule has 0 unspecified atom stereocenters. The Kier molecular flexibility index (Phi) is 6.53. The molecular formula is C24H21BrN2O5S. The van der Waals surface area contributed by atoms with Crippen molar-refractivity contribution in [3.05, 3.63) is 83.3 Å². The van der Waals surface area contributed by atoms with Crippen LogP contribution in [0, 0.1) is 0 Å². The molecule has 0 bridgehead atoms. The molecule has 1 aliphatic heterocycles. The van der Waals surface area contributed by atoms with Gasteiger partial charge in [-0.2, -0.15) is 0 Å². The maximum Gasteiger partial charge on any atom is 0.338 e. The SMILES string of the molecule is CCOC(=O)C1=C(C)n2c(s/c(=C\c3ccc(O)c(OC)c3)c2=O)=N[C@@H]1c1ccc(Br)cc1. The average molecular weight is 529 g/mol. The molecule has 1 aliphatic rings. The van der Waals surface area contributed by atoms with E-state index < -0.39 is 12.0 Å². The number of nitrogens with zero attached hydrogens (tertiary/aromatic N) is 2. The number of aromatic hydroxyl groups is 1. The molecule has 7 nitrogen and oxygen atoms in total. The number of ether oxygens (including phenoxy) is 2. The van der Waals surface area contributed by atoms with Gasteiger partial charge in [0.1, 0.15) is 6.04 Å². The zero-order valence-electron chi connectivity index (χ0n) is 18.2. The van der Waals surface area contributed by atoms with Gasteiger partial charge >= 0.3 is 5.97 Å². The van der Waals surface area contributed by atoms with Crippen LogP contribution in [0.4, 0.5) is 0 Å². The zero-order valence-corrected chi connectivity index (χ0v) is 20.6. The lowest BCUT2D eigenvalue weighted by atomic mass is 9.97. The first-order valence-electron chi connectivity index (χ1n) is 10.2. The highest BCUT2D eigenvalue weighted by Crippen LogP contribution is 2.33. The zero-order chi connectivity index (χ0) is 23.7. The van der Waals surface area contributed by atoms with Crippen molar-refractivity contribution < 1.29 is 19.4 Å². The Morgan fingerprint density at radius 3 is 2.67 bits per heavy atom. The summed E-state index contributed by atoms with van der Waals surface area (Å²) in [5.41, 5.74) is 2.07. The van der Waals surface area contributed by atoms with Gasteiger partial charge in [-0.3, -0.25) is 9.36 Å². The number of phenols is 1. The second-order valence-electron chi connectivity index (χ2n) is 7.27. The van der Waals surface area contributed by atoms with E-state index in [-0.39, 0.29) is 17.9 Å².